The van der Waals surface area contributed by atoms with Crippen molar-refractivity contribution in [3.8, 4) is 0 Å². The summed E-state index contributed by atoms with van der Waals surface area (Å²) in [4.78, 5) is 9.16. The SMILES string of the molecule is CC(C)n1c(CCCl)nc2cnc3ccccc3c21. The van der Waals surface area contributed by atoms with E-state index in [1.807, 2.05) is 24.4 Å². The number of pyridine rings is 1. The number of imidazole rings is 1. The van der Waals surface area contributed by atoms with E-state index in [1.54, 1.807) is 0 Å². The third kappa shape index (κ3) is 1.98. The Kier molecular flexibility index (Phi) is 3.15. The highest BCUT2D eigenvalue weighted by Gasteiger charge is 2.15. The Morgan fingerprint density at radius 3 is 2.74 bits per heavy atom. The molecule has 0 saturated heterocycles. The third-order valence-electron chi connectivity index (χ3n) is 3.33. The van der Waals surface area contributed by atoms with Gasteiger partial charge >= 0.3 is 0 Å². The molecule has 0 unspecified atom stereocenters. The summed E-state index contributed by atoms with van der Waals surface area (Å²) in [6.45, 7) is 4.35. The quantitative estimate of drug-likeness (QED) is 0.677. The van der Waals surface area contributed by atoms with E-state index in [0.717, 1.165) is 28.7 Å². The second kappa shape index (κ2) is 4.82. The molecule has 0 bridgehead atoms. The van der Waals surface area contributed by atoms with Crippen molar-refractivity contribution < 1.29 is 0 Å². The summed E-state index contributed by atoms with van der Waals surface area (Å²) in [5.74, 6) is 1.62. The second-order valence-corrected chi connectivity index (χ2v) is 5.32. The van der Waals surface area contributed by atoms with E-state index in [0.29, 0.717) is 11.9 Å². The number of nitrogens with zero attached hydrogens (tertiary/aromatic N) is 3. The van der Waals surface area contributed by atoms with Crippen LogP contribution in [0.1, 0.15) is 25.7 Å². The zero-order valence-corrected chi connectivity index (χ0v) is 11.9. The fourth-order valence-corrected chi connectivity index (χ4v) is 2.76. The maximum absolute atomic E-state index is 5.89. The van der Waals surface area contributed by atoms with Crippen LogP contribution in [0.4, 0.5) is 0 Å². The maximum Gasteiger partial charge on any atom is 0.111 e. The Balaban J connectivity index is 2.42. The minimum atomic E-state index is 0.356. The Morgan fingerprint density at radius 2 is 2.00 bits per heavy atom. The second-order valence-electron chi connectivity index (χ2n) is 4.94. The first-order valence-electron chi connectivity index (χ1n) is 6.53. The van der Waals surface area contributed by atoms with Crippen LogP contribution < -0.4 is 0 Å². The lowest BCUT2D eigenvalue weighted by atomic mass is 10.2. The maximum atomic E-state index is 5.89. The molecule has 0 atom stereocenters. The number of rotatable bonds is 3. The molecule has 0 amide bonds. The van der Waals surface area contributed by atoms with E-state index in [4.69, 9.17) is 11.6 Å². The van der Waals surface area contributed by atoms with Gasteiger partial charge in [-0.25, -0.2) is 4.98 Å². The molecule has 1 aromatic carbocycles. The predicted octanol–water partition coefficient (Wildman–Crippen LogP) is 3.95. The van der Waals surface area contributed by atoms with Crippen LogP contribution in [-0.4, -0.2) is 20.4 Å². The number of hydrogen-bond donors (Lipinski definition) is 0. The van der Waals surface area contributed by atoms with Crippen LogP contribution in [-0.2, 0) is 6.42 Å². The largest absolute Gasteiger partial charge is 0.325 e. The van der Waals surface area contributed by atoms with Crippen molar-refractivity contribution in [3.63, 3.8) is 0 Å². The fourth-order valence-electron chi connectivity index (χ4n) is 2.59. The van der Waals surface area contributed by atoms with Crippen molar-refractivity contribution in [1.29, 1.82) is 0 Å². The molecule has 2 aromatic heterocycles. The number of aryl methyl sites for hydroxylation is 1. The molecule has 4 heteroatoms. The van der Waals surface area contributed by atoms with Crippen LogP contribution in [0.15, 0.2) is 30.5 Å². The lowest BCUT2D eigenvalue weighted by Gasteiger charge is -2.13. The van der Waals surface area contributed by atoms with Gasteiger partial charge in [0.15, 0.2) is 0 Å². The van der Waals surface area contributed by atoms with Crippen LogP contribution in [0.3, 0.4) is 0 Å². The van der Waals surface area contributed by atoms with Gasteiger partial charge in [-0.3, -0.25) is 4.98 Å². The molecule has 19 heavy (non-hydrogen) atoms. The summed E-state index contributed by atoms with van der Waals surface area (Å²) >= 11 is 5.89. The van der Waals surface area contributed by atoms with Crippen LogP contribution >= 0.6 is 11.6 Å². The van der Waals surface area contributed by atoms with Gasteiger partial charge in [0.2, 0.25) is 0 Å². The van der Waals surface area contributed by atoms with Crippen molar-refractivity contribution in [3.05, 3.63) is 36.3 Å². The van der Waals surface area contributed by atoms with Crippen molar-refractivity contribution >= 4 is 33.5 Å². The highest BCUT2D eigenvalue weighted by atomic mass is 35.5. The molecule has 2 heterocycles. The van der Waals surface area contributed by atoms with Gasteiger partial charge in [0, 0.05) is 23.7 Å². The fraction of sp³-hybridized carbons (Fsp3) is 0.333. The standard InChI is InChI=1S/C15H16ClN3/c1-10(2)19-14(7-8-16)18-13-9-17-12-6-4-3-5-11(12)15(13)19/h3-6,9-10H,7-8H2,1-2H3. The summed E-state index contributed by atoms with van der Waals surface area (Å²) in [6.07, 6.45) is 2.64. The molecule has 0 spiro atoms. The molecule has 0 aliphatic rings. The molecule has 0 radical (unpaired) electrons. The molecule has 3 aromatic rings. The zero-order valence-electron chi connectivity index (χ0n) is 11.1. The van der Waals surface area contributed by atoms with Crippen LogP contribution in [0.25, 0.3) is 21.9 Å². The summed E-state index contributed by atoms with van der Waals surface area (Å²) in [6, 6.07) is 8.55. The van der Waals surface area contributed by atoms with E-state index in [-0.39, 0.29) is 0 Å². The van der Waals surface area contributed by atoms with E-state index >= 15 is 0 Å². The molecular formula is C15H16ClN3. The van der Waals surface area contributed by atoms with Gasteiger partial charge in [-0.1, -0.05) is 18.2 Å². The smallest absolute Gasteiger partial charge is 0.111 e. The molecule has 0 aliphatic carbocycles. The average Bonchev–Trinajstić information content (AvgIpc) is 2.77. The number of halogens is 1. The minimum absolute atomic E-state index is 0.356. The molecule has 3 rings (SSSR count). The van der Waals surface area contributed by atoms with Crippen LogP contribution in [0.2, 0.25) is 0 Å². The molecule has 98 valence electrons. The first kappa shape index (κ1) is 12.4. The number of para-hydroxylation sites is 1. The minimum Gasteiger partial charge on any atom is -0.325 e. The number of hydrogen-bond acceptors (Lipinski definition) is 2. The Labute approximate surface area is 117 Å². The van der Waals surface area contributed by atoms with Gasteiger partial charge in [-0.2, -0.15) is 0 Å². The molecular weight excluding hydrogens is 258 g/mol. The first-order valence-corrected chi connectivity index (χ1v) is 7.06. The number of alkyl halides is 1. The van der Waals surface area contributed by atoms with Gasteiger partial charge in [0.05, 0.1) is 17.2 Å². The predicted molar refractivity (Wildman–Crippen MR) is 79.8 cm³/mol. The lowest BCUT2D eigenvalue weighted by molar-refractivity contribution is 0.590. The van der Waals surface area contributed by atoms with Crippen LogP contribution in [0, 0.1) is 0 Å². The number of benzene rings is 1. The summed E-state index contributed by atoms with van der Waals surface area (Å²) in [5.41, 5.74) is 3.13. The highest BCUT2D eigenvalue weighted by Crippen LogP contribution is 2.27. The monoisotopic (exact) mass is 273 g/mol. The average molecular weight is 274 g/mol. The summed E-state index contributed by atoms with van der Waals surface area (Å²) in [7, 11) is 0. The highest BCUT2D eigenvalue weighted by molar-refractivity contribution is 6.18. The van der Waals surface area contributed by atoms with Gasteiger partial charge < -0.3 is 4.57 Å². The Hall–Kier alpha value is -1.61. The van der Waals surface area contributed by atoms with Crippen LogP contribution in [0.5, 0.6) is 0 Å². The van der Waals surface area contributed by atoms with E-state index in [1.165, 1.54) is 5.52 Å². The molecule has 3 nitrogen and oxygen atoms in total. The van der Waals surface area contributed by atoms with E-state index in [2.05, 4.69) is 34.4 Å². The van der Waals surface area contributed by atoms with Crippen molar-refractivity contribution in [1.82, 2.24) is 14.5 Å². The number of aromatic nitrogens is 3. The van der Waals surface area contributed by atoms with E-state index < -0.39 is 0 Å². The molecule has 0 N–H and O–H groups in total. The zero-order chi connectivity index (χ0) is 13.4. The van der Waals surface area contributed by atoms with Crippen molar-refractivity contribution in [2.75, 3.05) is 5.88 Å². The molecule has 0 aliphatic heterocycles. The third-order valence-corrected chi connectivity index (χ3v) is 3.52. The normalized spacial score (nSPS) is 11.8. The van der Waals surface area contributed by atoms with Gasteiger partial charge in [-0.15, -0.1) is 11.6 Å². The Morgan fingerprint density at radius 1 is 1.21 bits per heavy atom. The van der Waals surface area contributed by atoms with Gasteiger partial charge in [0.25, 0.3) is 0 Å². The molecule has 0 saturated carbocycles. The van der Waals surface area contributed by atoms with Gasteiger partial charge in [0.1, 0.15) is 11.3 Å². The first-order chi connectivity index (χ1) is 9.22. The van der Waals surface area contributed by atoms with Crippen molar-refractivity contribution in [2.24, 2.45) is 0 Å². The summed E-state index contributed by atoms with van der Waals surface area (Å²) < 4.78 is 2.28. The lowest BCUT2D eigenvalue weighted by Crippen LogP contribution is -2.07. The molecule has 0 fully saturated rings. The topological polar surface area (TPSA) is 30.7 Å². The van der Waals surface area contributed by atoms with E-state index in [9.17, 15) is 0 Å². The Bertz CT molecular complexity index is 731. The van der Waals surface area contributed by atoms with Crippen molar-refractivity contribution in [2.45, 2.75) is 26.3 Å². The summed E-state index contributed by atoms with van der Waals surface area (Å²) in [5, 5.41) is 1.15. The van der Waals surface area contributed by atoms with Gasteiger partial charge in [-0.05, 0) is 19.9 Å². The number of fused-ring (bicyclic) bond motifs is 3.